The Hall–Kier alpha value is -1.82. The van der Waals surface area contributed by atoms with Crippen LogP contribution in [0.3, 0.4) is 0 Å². The van der Waals surface area contributed by atoms with Crippen molar-refractivity contribution in [3.8, 4) is 0 Å². The minimum absolute atomic E-state index is 0.0633. The lowest BCUT2D eigenvalue weighted by atomic mass is 9.95. The van der Waals surface area contributed by atoms with Gasteiger partial charge in [0.1, 0.15) is 5.69 Å². The van der Waals surface area contributed by atoms with Gasteiger partial charge in [0.05, 0.1) is 11.0 Å². The number of hydrogen-bond acceptors (Lipinski definition) is 3. The molecule has 21 heavy (non-hydrogen) atoms. The summed E-state index contributed by atoms with van der Waals surface area (Å²) in [6.45, 7) is 3.35. The van der Waals surface area contributed by atoms with Crippen LogP contribution in [-0.4, -0.2) is 41.3 Å². The predicted octanol–water partition coefficient (Wildman–Crippen LogP) is 1.29. The number of nitrogens with zero attached hydrogens (tertiary/aromatic N) is 2. The fourth-order valence-electron chi connectivity index (χ4n) is 1.53. The van der Waals surface area contributed by atoms with E-state index < -0.39 is 5.41 Å². The molecule has 0 aliphatic carbocycles. The van der Waals surface area contributed by atoms with Gasteiger partial charge in [-0.15, -0.1) is 11.6 Å². The Balaban J connectivity index is 3.22. The molecular weight excluding hydrogens is 294 g/mol. The zero-order valence-electron chi connectivity index (χ0n) is 12.9. The summed E-state index contributed by atoms with van der Waals surface area (Å²) in [6, 6.07) is 1.38. The first-order valence-corrected chi connectivity index (χ1v) is 6.93. The summed E-state index contributed by atoms with van der Waals surface area (Å²) in [5, 5.41) is 2.55. The first kappa shape index (κ1) is 17.2. The molecule has 0 aromatic carbocycles. The summed E-state index contributed by atoms with van der Waals surface area (Å²) in [7, 11) is 4.75. The SMILES string of the molecule is CN(C)C(=O)c1cc(NC(=O)C(C)(C)CCl)c(=O)n(C)c1. The Morgan fingerprint density at radius 2 is 1.95 bits per heavy atom. The molecule has 1 heterocycles. The third kappa shape index (κ3) is 3.85. The molecule has 0 atom stereocenters. The summed E-state index contributed by atoms with van der Waals surface area (Å²) >= 11 is 5.74. The molecule has 0 saturated carbocycles. The van der Waals surface area contributed by atoms with Crippen LogP contribution in [0.2, 0.25) is 0 Å². The van der Waals surface area contributed by atoms with Gasteiger partial charge in [0.2, 0.25) is 5.91 Å². The van der Waals surface area contributed by atoms with Crippen LogP contribution in [0.15, 0.2) is 17.1 Å². The highest BCUT2D eigenvalue weighted by Gasteiger charge is 2.27. The lowest BCUT2D eigenvalue weighted by Gasteiger charge is -2.20. The summed E-state index contributed by atoms with van der Waals surface area (Å²) in [4.78, 5) is 37.5. The van der Waals surface area contributed by atoms with E-state index in [-0.39, 0.29) is 28.9 Å². The van der Waals surface area contributed by atoms with Gasteiger partial charge < -0.3 is 14.8 Å². The normalized spacial score (nSPS) is 11.1. The Bertz CT molecular complexity index is 620. The van der Waals surface area contributed by atoms with Crippen molar-refractivity contribution in [2.75, 3.05) is 25.3 Å². The van der Waals surface area contributed by atoms with Gasteiger partial charge in [-0.05, 0) is 19.9 Å². The van der Waals surface area contributed by atoms with Crippen LogP contribution >= 0.6 is 11.6 Å². The molecule has 1 rings (SSSR count). The number of amides is 2. The van der Waals surface area contributed by atoms with Crippen LogP contribution in [0.1, 0.15) is 24.2 Å². The molecule has 0 aliphatic rings. The Kier molecular flexibility index (Phi) is 5.17. The molecule has 0 unspecified atom stereocenters. The molecular formula is C14H20ClN3O3. The van der Waals surface area contributed by atoms with Crippen molar-refractivity contribution < 1.29 is 9.59 Å². The van der Waals surface area contributed by atoms with E-state index in [4.69, 9.17) is 11.6 Å². The van der Waals surface area contributed by atoms with E-state index in [0.29, 0.717) is 5.56 Å². The quantitative estimate of drug-likeness (QED) is 0.851. The number of pyridine rings is 1. The molecule has 0 radical (unpaired) electrons. The van der Waals surface area contributed by atoms with Crippen molar-refractivity contribution in [3.05, 3.63) is 28.2 Å². The average Bonchev–Trinajstić information content (AvgIpc) is 2.42. The van der Waals surface area contributed by atoms with Crippen molar-refractivity contribution in [2.45, 2.75) is 13.8 Å². The molecule has 6 nitrogen and oxygen atoms in total. The number of aryl methyl sites for hydroxylation is 1. The summed E-state index contributed by atoms with van der Waals surface area (Å²) in [5.74, 6) is -0.503. The molecule has 116 valence electrons. The second-order valence-electron chi connectivity index (χ2n) is 5.73. The fraction of sp³-hybridized carbons (Fsp3) is 0.500. The lowest BCUT2D eigenvalue weighted by Crippen LogP contribution is -2.35. The van der Waals surface area contributed by atoms with Gasteiger partial charge in [-0.1, -0.05) is 0 Å². The van der Waals surface area contributed by atoms with Crippen LogP contribution in [0.4, 0.5) is 5.69 Å². The average molecular weight is 314 g/mol. The molecule has 1 N–H and O–H groups in total. The number of alkyl halides is 1. The van der Waals surface area contributed by atoms with E-state index in [2.05, 4.69) is 5.32 Å². The van der Waals surface area contributed by atoms with Crippen LogP contribution < -0.4 is 10.9 Å². The largest absolute Gasteiger partial charge is 0.345 e. The molecule has 7 heteroatoms. The Labute approximate surface area is 128 Å². The van der Waals surface area contributed by atoms with Crippen molar-refractivity contribution in [1.82, 2.24) is 9.47 Å². The molecule has 0 fully saturated rings. The highest BCUT2D eigenvalue weighted by atomic mass is 35.5. The Morgan fingerprint density at radius 1 is 1.38 bits per heavy atom. The molecule has 0 saturated heterocycles. The number of hydrogen-bond donors (Lipinski definition) is 1. The highest BCUT2D eigenvalue weighted by molar-refractivity contribution is 6.20. The second-order valence-corrected chi connectivity index (χ2v) is 6.00. The highest BCUT2D eigenvalue weighted by Crippen LogP contribution is 2.19. The van der Waals surface area contributed by atoms with E-state index in [9.17, 15) is 14.4 Å². The maximum Gasteiger partial charge on any atom is 0.274 e. The smallest absolute Gasteiger partial charge is 0.274 e. The van der Waals surface area contributed by atoms with Gasteiger partial charge in [0.25, 0.3) is 11.5 Å². The zero-order chi connectivity index (χ0) is 16.4. The topological polar surface area (TPSA) is 71.4 Å². The van der Waals surface area contributed by atoms with Gasteiger partial charge >= 0.3 is 0 Å². The van der Waals surface area contributed by atoms with E-state index in [0.717, 1.165) is 0 Å². The number of anilines is 1. The number of nitrogens with one attached hydrogen (secondary N) is 1. The van der Waals surface area contributed by atoms with Gasteiger partial charge in [0, 0.05) is 33.2 Å². The number of halogens is 1. The van der Waals surface area contributed by atoms with Crippen LogP contribution in [0, 0.1) is 5.41 Å². The van der Waals surface area contributed by atoms with Gasteiger partial charge in [-0.25, -0.2) is 0 Å². The van der Waals surface area contributed by atoms with Crippen molar-refractivity contribution >= 4 is 29.1 Å². The molecule has 2 amide bonds. The maximum atomic E-state index is 12.1. The zero-order valence-corrected chi connectivity index (χ0v) is 13.6. The number of aromatic nitrogens is 1. The van der Waals surface area contributed by atoms with Crippen LogP contribution in [0.5, 0.6) is 0 Å². The molecule has 0 spiro atoms. The van der Waals surface area contributed by atoms with Crippen molar-refractivity contribution in [2.24, 2.45) is 12.5 Å². The summed E-state index contributed by atoms with van der Waals surface area (Å²) in [6.07, 6.45) is 1.44. The first-order valence-electron chi connectivity index (χ1n) is 6.40. The van der Waals surface area contributed by atoms with E-state index in [1.807, 2.05) is 0 Å². The van der Waals surface area contributed by atoms with Crippen LogP contribution in [-0.2, 0) is 11.8 Å². The van der Waals surface area contributed by atoms with E-state index >= 15 is 0 Å². The first-order chi connectivity index (χ1) is 9.60. The molecule has 0 aliphatic heterocycles. The standard InChI is InChI=1S/C14H20ClN3O3/c1-14(2,8-15)13(21)16-10-6-9(11(19)17(3)4)7-18(5)12(10)20/h6-7H,8H2,1-5H3,(H,16,21). The van der Waals surface area contributed by atoms with Gasteiger partial charge in [-0.2, -0.15) is 0 Å². The maximum absolute atomic E-state index is 12.1. The minimum atomic E-state index is -0.811. The molecule has 1 aromatic heterocycles. The number of rotatable bonds is 4. The van der Waals surface area contributed by atoms with E-state index in [1.54, 1.807) is 27.9 Å². The molecule has 0 bridgehead atoms. The van der Waals surface area contributed by atoms with Crippen LogP contribution in [0.25, 0.3) is 0 Å². The summed E-state index contributed by atoms with van der Waals surface area (Å²) in [5.41, 5.74) is -0.813. The number of carbonyl (C=O) groups excluding carboxylic acids is 2. The monoisotopic (exact) mass is 313 g/mol. The van der Waals surface area contributed by atoms with Gasteiger partial charge in [-0.3, -0.25) is 14.4 Å². The second kappa shape index (κ2) is 6.30. The summed E-state index contributed by atoms with van der Waals surface area (Å²) < 4.78 is 1.26. The third-order valence-electron chi connectivity index (χ3n) is 3.03. The van der Waals surface area contributed by atoms with Gasteiger partial charge in [0.15, 0.2) is 0 Å². The molecule has 1 aromatic rings. The fourth-order valence-corrected chi connectivity index (χ4v) is 1.65. The Morgan fingerprint density at radius 3 is 2.43 bits per heavy atom. The van der Waals surface area contributed by atoms with E-state index in [1.165, 1.54) is 28.8 Å². The number of carbonyl (C=O) groups is 2. The van der Waals surface area contributed by atoms with Crippen molar-refractivity contribution in [3.63, 3.8) is 0 Å². The van der Waals surface area contributed by atoms with Crippen molar-refractivity contribution in [1.29, 1.82) is 0 Å². The predicted molar refractivity (Wildman–Crippen MR) is 82.8 cm³/mol. The minimum Gasteiger partial charge on any atom is -0.345 e. The lowest BCUT2D eigenvalue weighted by molar-refractivity contribution is -0.122. The third-order valence-corrected chi connectivity index (χ3v) is 3.70.